The second-order valence-corrected chi connectivity index (χ2v) is 4.57. The van der Waals surface area contributed by atoms with Crippen molar-refractivity contribution in [3.63, 3.8) is 0 Å². The Morgan fingerprint density at radius 1 is 1.38 bits per heavy atom. The summed E-state index contributed by atoms with van der Waals surface area (Å²) in [6.45, 7) is 2.16. The molecule has 3 rings (SSSR count). The molecule has 2 bridgehead atoms. The molecule has 3 aliphatic heterocycles. The molecule has 3 saturated heterocycles. The van der Waals surface area contributed by atoms with Crippen LogP contribution >= 0.6 is 0 Å². The molecule has 0 radical (unpaired) electrons. The first-order chi connectivity index (χ1) is 6.36. The Balaban J connectivity index is 1.90. The number of carbonyl (C=O) groups is 1. The number of nitrogens with one attached hydrogen (secondary N) is 1. The quantitative estimate of drug-likeness (QED) is 0.583. The minimum Gasteiger partial charge on any atom is -0.335 e. The Kier molecular flexibility index (Phi) is 1.62. The first kappa shape index (κ1) is 7.80. The van der Waals surface area contributed by atoms with Crippen LogP contribution in [0.1, 0.15) is 25.7 Å². The van der Waals surface area contributed by atoms with E-state index >= 15 is 0 Å². The number of amides is 1. The van der Waals surface area contributed by atoms with Gasteiger partial charge in [0.15, 0.2) is 0 Å². The third-order valence-electron chi connectivity index (χ3n) is 3.83. The van der Waals surface area contributed by atoms with Crippen molar-refractivity contribution < 1.29 is 4.79 Å². The van der Waals surface area contributed by atoms with E-state index in [1.807, 2.05) is 0 Å². The topological polar surface area (TPSA) is 32.3 Å². The highest BCUT2D eigenvalue weighted by molar-refractivity contribution is 5.78. The number of piperidine rings is 2. The minimum absolute atomic E-state index is 0.410. The second-order valence-electron chi connectivity index (χ2n) is 4.57. The second kappa shape index (κ2) is 2.71. The van der Waals surface area contributed by atoms with Gasteiger partial charge in [0.05, 0.1) is 0 Å². The highest BCUT2D eigenvalue weighted by Gasteiger charge is 2.46. The van der Waals surface area contributed by atoms with E-state index in [1.165, 1.54) is 12.8 Å². The molecule has 3 nitrogen and oxygen atoms in total. The van der Waals surface area contributed by atoms with Gasteiger partial charge in [-0.1, -0.05) is 0 Å². The van der Waals surface area contributed by atoms with E-state index in [9.17, 15) is 4.79 Å². The lowest BCUT2D eigenvalue weighted by Crippen LogP contribution is -2.46. The predicted molar refractivity (Wildman–Crippen MR) is 49.2 cm³/mol. The summed E-state index contributed by atoms with van der Waals surface area (Å²) in [6, 6.07) is 1.11. The summed E-state index contributed by atoms with van der Waals surface area (Å²) < 4.78 is 0. The van der Waals surface area contributed by atoms with Gasteiger partial charge in [-0.15, -0.1) is 0 Å². The highest BCUT2D eigenvalue weighted by Crippen LogP contribution is 2.37. The molecule has 1 N–H and O–H groups in total. The largest absolute Gasteiger partial charge is 0.335 e. The third-order valence-corrected chi connectivity index (χ3v) is 3.83. The summed E-state index contributed by atoms with van der Waals surface area (Å²) in [5, 5.41) is 3.43. The summed E-state index contributed by atoms with van der Waals surface area (Å²) in [4.78, 5) is 13.9. The summed E-state index contributed by atoms with van der Waals surface area (Å²) >= 11 is 0. The number of carbonyl (C=O) groups excluding carboxylic acids is 1. The van der Waals surface area contributed by atoms with Gasteiger partial charge in [-0.2, -0.15) is 0 Å². The summed E-state index contributed by atoms with van der Waals surface area (Å²) in [5.74, 6) is 1.16. The average Bonchev–Trinajstić information content (AvgIpc) is 2.41. The van der Waals surface area contributed by atoms with Gasteiger partial charge in [0, 0.05) is 31.6 Å². The van der Waals surface area contributed by atoms with Gasteiger partial charge < -0.3 is 10.2 Å². The molecule has 0 unspecified atom stereocenters. The monoisotopic (exact) mass is 180 g/mol. The molecule has 3 fully saturated rings. The van der Waals surface area contributed by atoms with E-state index in [4.69, 9.17) is 0 Å². The fourth-order valence-electron chi connectivity index (χ4n) is 3.31. The van der Waals surface area contributed by atoms with Crippen LogP contribution in [0, 0.1) is 5.92 Å². The molecule has 0 aliphatic carbocycles. The molecule has 3 aliphatic rings. The Hall–Kier alpha value is -0.570. The van der Waals surface area contributed by atoms with Crippen LogP contribution < -0.4 is 5.32 Å². The van der Waals surface area contributed by atoms with Crippen LogP contribution in [0.25, 0.3) is 0 Å². The molecule has 3 heteroatoms. The van der Waals surface area contributed by atoms with Crippen LogP contribution in [0.5, 0.6) is 0 Å². The number of rotatable bonds is 0. The molecule has 3 atom stereocenters. The van der Waals surface area contributed by atoms with Crippen molar-refractivity contribution in [1.29, 1.82) is 0 Å². The van der Waals surface area contributed by atoms with E-state index in [0.717, 1.165) is 31.8 Å². The normalized spacial score (nSPS) is 43.5. The van der Waals surface area contributed by atoms with Crippen LogP contribution in [0.3, 0.4) is 0 Å². The van der Waals surface area contributed by atoms with Crippen LogP contribution in [0.15, 0.2) is 0 Å². The molecule has 0 spiro atoms. The maximum absolute atomic E-state index is 11.7. The lowest BCUT2D eigenvalue weighted by Gasteiger charge is -2.33. The van der Waals surface area contributed by atoms with Crippen LogP contribution in [0.2, 0.25) is 0 Å². The fraction of sp³-hybridized carbons (Fsp3) is 0.900. The minimum atomic E-state index is 0.410. The fourth-order valence-corrected chi connectivity index (χ4v) is 3.31. The molecule has 3 heterocycles. The lowest BCUT2D eigenvalue weighted by atomic mass is 9.92. The Morgan fingerprint density at radius 2 is 2.31 bits per heavy atom. The Bertz CT molecular complexity index is 241. The van der Waals surface area contributed by atoms with Crippen LogP contribution in [0.4, 0.5) is 0 Å². The molecular formula is C10H16N2O. The molecule has 0 aromatic heterocycles. The van der Waals surface area contributed by atoms with Gasteiger partial charge >= 0.3 is 0 Å². The van der Waals surface area contributed by atoms with Gasteiger partial charge in [-0.05, 0) is 25.2 Å². The van der Waals surface area contributed by atoms with Gasteiger partial charge in [-0.3, -0.25) is 4.79 Å². The smallest absolute Gasteiger partial charge is 0.223 e. The maximum atomic E-state index is 11.7. The van der Waals surface area contributed by atoms with Crippen molar-refractivity contribution in [1.82, 2.24) is 10.2 Å². The van der Waals surface area contributed by atoms with E-state index in [2.05, 4.69) is 10.2 Å². The van der Waals surface area contributed by atoms with E-state index in [1.54, 1.807) is 0 Å². The Labute approximate surface area is 78.5 Å². The van der Waals surface area contributed by atoms with Crippen molar-refractivity contribution >= 4 is 5.91 Å². The molecule has 72 valence electrons. The predicted octanol–water partition coefficient (Wildman–Crippen LogP) is 0.359. The van der Waals surface area contributed by atoms with Crippen molar-refractivity contribution in [2.24, 2.45) is 5.92 Å². The SMILES string of the molecule is O=C1CCC[C@H]2[C@H]3CNC[C@H](C3)N12. The van der Waals surface area contributed by atoms with Crippen molar-refractivity contribution in [3.05, 3.63) is 0 Å². The van der Waals surface area contributed by atoms with Gasteiger partial charge in [0.2, 0.25) is 5.91 Å². The van der Waals surface area contributed by atoms with Crippen LogP contribution in [-0.2, 0) is 4.79 Å². The third kappa shape index (κ3) is 1.03. The van der Waals surface area contributed by atoms with Gasteiger partial charge in [-0.25, -0.2) is 0 Å². The van der Waals surface area contributed by atoms with Gasteiger partial charge in [0.1, 0.15) is 0 Å². The lowest BCUT2D eigenvalue weighted by molar-refractivity contribution is -0.136. The molecule has 0 aromatic rings. The molecular weight excluding hydrogens is 164 g/mol. The van der Waals surface area contributed by atoms with E-state index in [0.29, 0.717) is 18.0 Å². The van der Waals surface area contributed by atoms with Crippen molar-refractivity contribution in [3.8, 4) is 0 Å². The van der Waals surface area contributed by atoms with Crippen LogP contribution in [-0.4, -0.2) is 36.0 Å². The standard InChI is InChI=1S/C10H16N2O/c13-10-3-1-2-9-7-4-8(12(9)10)6-11-5-7/h7-9,11H,1-6H2/t7-,8+,9+/m1/s1. The summed E-state index contributed by atoms with van der Waals surface area (Å²) in [6.07, 6.45) is 4.40. The van der Waals surface area contributed by atoms with Crippen molar-refractivity contribution in [2.75, 3.05) is 13.1 Å². The Morgan fingerprint density at radius 3 is 3.23 bits per heavy atom. The van der Waals surface area contributed by atoms with Crippen molar-refractivity contribution in [2.45, 2.75) is 37.8 Å². The number of hydrogen-bond donors (Lipinski definition) is 1. The molecule has 1 amide bonds. The highest BCUT2D eigenvalue weighted by atomic mass is 16.2. The zero-order valence-corrected chi connectivity index (χ0v) is 7.83. The molecule has 0 saturated carbocycles. The first-order valence-corrected chi connectivity index (χ1v) is 5.38. The zero-order valence-electron chi connectivity index (χ0n) is 7.83. The molecule has 13 heavy (non-hydrogen) atoms. The van der Waals surface area contributed by atoms with E-state index < -0.39 is 0 Å². The summed E-state index contributed by atoms with van der Waals surface area (Å²) in [7, 11) is 0. The number of fused-ring (bicyclic) bond motifs is 5. The number of nitrogens with zero attached hydrogens (tertiary/aromatic N) is 1. The number of hydrogen-bond acceptors (Lipinski definition) is 2. The summed E-state index contributed by atoms with van der Waals surface area (Å²) in [5.41, 5.74) is 0. The first-order valence-electron chi connectivity index (χ1n) is 5.38. The average molecular weight is 180 g/mol. The van der Waals surface area contributed by atoms with E-state index in [-0.39, 0.29) is 0 Å². The maximum Gasteiger partial charge on any atom is 0.223 e. The molecule has 0 aromatic carbocycles. The zero-order chi connectivity index (χ0) is 8.84. The van der Waals surface area contributed by atoms with Gasteiger partial charge in [0.25, 0.3) is 0 Å².